The number of amidine groups is 1. The minimum absolute atomic E-state index is 0.0940. The Balaban J connectivity index is 2.05. The Hall–Kier alpha value is -2.30. The molecule has 0 bridgehead atoms. The van der Waals surface area contributed by atoms with Crippen LogP contribution in [0.15, 0.2) is 36.5 Å². The molecule has 112 valence electrons. The Kier molecular flexibility index (Phi) is 4.62. The summed E-state index contributed by atoms with van der Waals surface area (Å²) in [6.07, 6.45) is 3.11. The molecule has 0 aliphatic carbocycles. The first kappa shape index (κ1) is 15.1. The van der Waals surface area contributed by atoms with Crippen molar-refractivity contribution in [1.82, 2.24) is 9.78 Å². The van der Waals surface area contributed by atoms with Gasteiger partial charge >= 0.3 is 0 Å². The normalized spacial score (nSPS) is 12.1. The second kappa shape index (κ2) is 6.43. The van der Waals surface area contributed by atoms with Gasteiger partial charge in [-0.3, -0.25) is 10.1 Å². The minimum atomic E-state index is 0.0940. The van der Waals surface area contributed by atoms with E-state index in [1.165, 1.54) is 0 Å². The monoisotopic (exact) mass is 285 g/mol. The molecule has 3 N–H and O–H groups in total. The number of aromatic nitrogens is 2. The highest BCUT2D eigenvalue weighted by molar-refractivity contribution is 5.95. The van der Waals surface area contributed by atoms with Gasteiger partial charge in [0.25, 0.3) is 0 Å². The van der Waals surface area contributed by atoms with Crippen LogP contribution in [0.3, 0.4) is 0 Å². The molecular formula is C16H23N5. The van der Waals surface area contributed by atoms with E-state index in [4.69, 9.17) is 11.1 Å². The fourth-order valence-electron chi connectivity index (χ4n) is 2.12. The highest BCUT2D eigenvalue weighted by Gasteiger charge is 2.08. The topological polar surface area (TPSA) is 70.9 Å². The number of benzene rings is 1. The number of nitrogens with one attached hydrogen (secondary N) is 1. The van der Waals surface area contributed by atoms with Gasteiger partial charge in [0.15, 0.2) is 0 Å². The van der Waals surface area contributed by atoms with Crippen LogP contribution in [-0.4, -0.2) is 22.7 Å². The summed E-state index contributed by atoms with van der Waals surface area (Å²) < 4.78 is 2.02. The van der Waals surface area contributed by atoms with E-state index in [1.54, 1.807) is 0 Å². The standard InChI is InChI=1S/C16H23N5/c1-4-12(2)21-10-9-14(19-21)11-20(3)15-7-5-13(6-8-15)16(17)18/h5-10,12H,4,11H2,1-3H3,(H3,17,18). The summed E-state index contributed by atoms with van der Waals surface area (Å²) >= 11 is 0. The van der Waals surface area contributed by atoms with E-state index in [0.717, 1.165) is 29.9 Å². The van der Waals surface area contributed by atoms with E-state index in [0.29, 0.717) is 6.04 Å². The average Bonchev–Trinajstić information content (AvgIpc) is 2.95. The predicted molar refractivity (Wildman–Crippen MR) is 86.8 cm³/mol. The number of nitrogen functional groups attached to an aromatic ring is 1. The SMILES string of the molecule is CCC(C)n1ccc(CN(C)c2ccc(C(=N)N)cc2)n1. The molecule has 1 unspecified atom stereocenters. The molecule has 1 aromatic carbocycles. The van der Waals surface area contributed by atoms with E-state index >= 15 is 0 Å². The molecule has 5 nitrogen and oxygen atoms in total. The van der Waals surface area contributed by atoms with Gasteiger partial charge in [-0.2, -0.15) is 5.10 Å². The molecule has 1 atom stereocenters. The van der Waals surface area contributed by atoms with Gasteiger partial charge in [-0.15, -0.1) is 0 Å². The van der Waals surface area contributed by atoms with Crippen molar-refractivity contribution in [2.75, 3.05) is 11.9 Å². The van der Waals surface area contributed by atoms with E-state index in [2.05, 4.69) is 29.9 Å². The maximum Gasteiger partial charge on any atom is 0.122 e. The maximum atomic E-state index is 7.41. The fraction of sp³-hybridized carbons (Fsp3) is 0.375. The van der Waals surface area contributed by atoms with Crippen LogP contribution < -0.4 is 10.6 Å². The number of hydrogen-bond donors (Lipinski definition) is 2. The van der Waals surface area contributed by atoms with E-state index < -0.39 is 0 Å². The lowest BCUT2D eigenvalue weighted by atomic mass is 10.2. The van der Waals surface area contributed by atoms with Crippen LogP contribution >= 0.6 is 0 Å². The van der Waals surface area contributed by atoms with Gasteiger partial charge in [-0.1, -0.05) is 6.92 Å². The van der Waals surface area contributed by atoms with Crippen molar-refractivity contribution >= 4 is 11.5 Å². The predicted octanol–water partition coefficient (Wildman–Crippen LogP) is 2.77. The minimum Gasteiger partial charge on any atom is -0.384 e. The van der Waals surface area contributed by atoms with Crippen LogP contribution in [0.5, 0.6) is 0 Å². The first-order valence-electron chi connectivity index (χ1n) is 7.21. The Morgan fingerprint density at radius 1 is 1.33 bits per heavy atom. The zero-order valence-corrected chi connectivity index (χ0v) is 12.9. The van der Waals surface area contributed by atoms with Crippen LogP contribution in [0, 0.1) is 5.41 Å². The molecule has 5 heteroatoms. The third-order valence-corrected chi connectivity index (χ3v) is 3.72. The number of nitrogens with zero attached hydrogens (tertiary/aromatic N) is 3. The molecule has 0 aliphatic rings. The van der Waals surface area contributed by atoms with Gasteiger partial charge in [0.2, 0.25) is 0 Å². The quantitative estimate of drug-likeness (QED) is 0.633. The molecule has 0 saturated heterocycles. The van der Waals surface area contributed by atoms with Gasteiger partial charge in [0, 0.05) is 30.5 Å². The van der Waals surface area contributed by atoms with Crippen molar-refractivity contribution in [3.63, 3.8) is 0 Å². The molecular weight excluding hydrogens is 262 g/mol. The molecule has 0 spiro atoms. The number of hydrogen-bond acceptors (Lipinski definition) is 3. The molecule has 0 aliphatic heterocycles. The van der Waals surface area contributed by atoms with Crippen molar-refractivity contribution in [2.45, 2.75) is 32.9 Å². The van der Waals surface area contributed by atoms with E-state index in [-0.39, 0.29) is 5.84 Å². The fourth-order valence-corrected chi connectivity index (χ4v) is 2.12. The van der Waals surface area contributed by atoms with Crippen molar-refractivity contribution in [3.05, 3.63) is 47.8 Å². The smallest absolute Gasteiger partial charge is 0.122 e. The molecule has 2 aromatic rings. The highest BCUT2D eigenvalue weighted by Crippen LogP contribution is 2.16. The lowest BCUT2D eigenvalue weighted by Gasteiger charge is -2.18. The summed E-state index contributed by atoms with van der Waals surface area (Å²) in [7, 11) is 2.03. The Morgan fingerprint density at radius 3 is 2.57 bits per heavy atom. The highest BCUT2D eigenvalue weighted by atomic mass is 15.3. The molecule has 2 rings (SSSR count). The molecule has 21 heavy (non-hydrogen) atoms. The van der Waals surface area contributed by atoms with E-state index in [1.807, 2.05) is 42.2 Å². The lowest BCUT2D eigenvalue weighted by Crippen LogP contribution is -2.18. The van der Waals surface area contributed by atoms with Crippen LogP contribution in [0.4, 0.5) is 5.69 Å². The summed E-state index contributed by atoms with van der Waals surface area (Å²) in [6.45, 7) is 5.08. The average molecular weight is 285 g/mol. The van der Waals surface area contributed by atoms with Crippen molar-refractivity contribution in [3.8, 4) is 0 Å². The van der Waals surface area contributed by atoms with Crippen molar-refractivity contribution in [2.24, 2.45) is 5.73 Å². The van der Waals surface area contributed by atoms with Gasteiger partial charge in [0.1, 0.15) is 5.84 Å². The van der Waals surface area contributed by atoms with Crippen molar-refractivity contribution in [1.29, 1.82) is 5.41 Å². The molecule has 0 amide bonds. The van der Waals surface area contributed by atoms with Crippen LogP contribution in [0.1, 0.15) is 37.6 Å². The second-order valence-corrected chi connectivity index (χ2v) is 5.36. The molecule has 0 saturated carbocycles. The third-order valence-electron chi connectivity index (χ3n) is 3.72. The maximum absolute atomic E-state index is 7.41. The van der Waals surface area contributed by atoms with Gasteiger partial charge in [-0.05, 0) is 43.7 Å². The number of anilines is 1. The zero-order valence-electron chi connectivity index (χ0n) is 12.9. The Morgan fingerprint density at radius 2 is 2.00 bits per heavy atom. The number of rotatable bonds is 6. The van der Waals surface area contributed by atoms with Crippen LogP contribution in [0.2, 0.25) is 0 Å². The zero-order chi connectivity index (χ0) is 15.4. The van der Waals surface area contributed by atoms with Crippen LogP contribution in [0.25, 0.3) is 0 Å². The summed E-state index contributed by atoms with van der Waals surface area (Å²) in [5.41, 5.74) is 8.34. The van der Waals surface area contributed by atoms with Crippen molar-refractivity contribution < 1.29 is 0 Å². The van der Waals surface area contributed by atoms with Gasteiger partial charge < -0.3 is 10.6 Å². The molecule has 0 radical (unpaired) electrons. The first-order chi connectivity index (χ1) is 10.0. The summed E-state index contributed by atoms with van der Waals surface area (Å²) in [5.74, 6) is 0.0940. The van der Waals surface area contributed by atoms with Gasteiger partial charge in [0.05, 0.1) is 12.2 Å². The largest absolute Gasteiger partial charge is 0.384 e. The second-order valence-electron chi connectivity index (χ2n) is 5.36. The molecule has 0 fully saturated rings. The van der Waals surface area contributed by atoms with Crippen LogP contribution in [-0.2, 0) is 6.54 Å². The van der Waals surface area contributed by atoms with E-state index in [9.17, 15) is 0 Å². The summed E-state index contributed by atoms with van der Waals surface area (Å²) in [5, 5.41) is 12.0. The number of nitrogens with two attached hydrogens (primary N) is 1. The van der Waals surface area contributed by atoms with Gasteiger partial charge in [-0.25, -0.2) is 0 Å². The summed E-state index contributed by atoms with van der Waals surface area (Å²) in [6, 6.07) is 10.2. The lowest BCUT2D eigenvalue weighted by molar-refractivity contribution is 0.473. The summed E-state index contributed by atoms with van der Waals surface area (Å²) in [4.78, 5) is 2.13. The molecule has 1 aromatic heterocycles. The Labute approximate surface area is 125 Å². The Bertz CT molecular complexity index is 599. The first-order valence-corrected chi connectivity index (χ1v) is 7.21. The molecule has 1 heterocycles. The third kappa shape index (κ3) is 3.62.